The van der Waals surface area contributed by atoms with Crippen LogP contribution < -0.4 is 19.0 Å². The highest BCUT2D eigenvalue weighted by Crippen LogP contribution is 2.39. The molecule has 3 aromatic carbocycles. The number of carbonyl (C=O) groups excluding carboxylic acids is 1. The van der Waals surface area contributed by atoms with Gasteiger partial charge in [-0.05, 0) is 74.0 Å². The summed E-state index contributed by atoms with van der Waals surface area (Å²) in [5.74, 6) is -0.193. The zero-order valence-electron chi connectivity index (χ0n) is 19.7. The summed E-state index contributed by atoms with van der Waals surface area (Å²) in [5.41, 5.74) is 1.49. The predicted octanol–water partition coefficient (Wildman–Crippen LogP) is 5.37. The van der Waals surface area contributed by atoms with Crippen LogP contribution in [0, 0.1) is 18.3 Å². The van der Waals surface area contributed by atoms with Gasteiger partial charge in [-0.3, -0.25) is 4.79 Å². The van der Waals surface area contributed by atoms with Crippen LogP contribution in [0.2, 0.25) is 5.02 Å². The van der Waals surface area contributed by atoms with Crippen LogP contribution >= 0.6 is 11.6 Å². The number of nitrogens with one attached hydrogen (secondary N) is 1. The fourth-order valence-corrected chi connectivity index (χ4v) is 4.34. The van der Waals surface area contributed by atoms with Gasteiger partial charge in [0.2, 0.25) is 5.75 Å². The van der Waals surface area contributed by atoms with E-state index in [9.17, 15) is 18.5 Å². The Balaban J connectivity index is 1.86. The topological polar surface area (TPSA) is 115 Å². The number of nitriles is 1. The molecule has 8 nitrogen and oxygen atoms in total. The average molecular weight is 527 g/mol. The predicted molar refractivity (Wildman–Crippen MR) is 137 cm³/mol. The molecule has 186 valence electrons. The minimum absolute atomic E-state index is 0.00801. The molecule has 1 N–H and O–H groups in total. The van der Waals surface area contributed by atoms with Crippen LogP contribution in [0.3, 0.4) is 0 Å². The van der Waals surface area contributed by atoms with Gasteiger partial charge < -0.3 is 19.0 Å². The number of methoxy groups -OCH3 is 1. The maximum atomic E-state index is 12.7. The summed E-state index contributed by atoms with van der Waals surface area (Å²) in [6, 6.07) is 17.5. The number of hydrogen-bond donors (Lipinski definition) is 1. The summed E-state index contributed by atoms with van der Waals surface area (Å²) < 4.78 is 41.3. The van der Waals surface area contributed by atoms with Crippen LogP contribution in [0.25, 0.3) is 6.08 Å². The number of ether oxygens (including phenoxy) is 2. The van der Waals surface area contributed by atoms with Crippen LogP contribution in [0.15, 0.2) is 71.1 Å². The second-order valence-electron chi connectivity index (χ2n) is 7.47. The number of anilines is 1. The molecule has 36 heavy (non-hydrogen) atoms. The lowest BCUT2D eigenvalue weighted by molar-refractivity contribution is -0.112. The lowest BCUT2D eigenvalue weighted by Crippen LogP contribution is -2.13. The minimum Gasteiger partial charge on any atom is -0.494 e. The van der Waals surface area contributed by atoms with E-state index < -0.39 is 16.0 Å². The first-order chi connectivity index (χ1) is 17.2. The third kappa shape index (κ3) is 6.56. The molecule has 0 saturated carbocycles. The number of rotatable bonds is 9. The molecule has 0 aliphatic heterocycles. The second-order valence-corrected chi connectivity index (χ2v) is 9.42. The number of aryl methyl sites for hydroxylation is 1. The van der Waals surface area contributed by atoms with Gasteiger partial charge in [0.15, 0.2) is 5.75 Å². The maximum Gasteiger partial charge on any atom is 0.339 e. The van der Waals surface area contributed by atoms with E-state index in [2.05, 4.69) is 5.32 Å². The van der Waals surface area contributed by atoms with E-state index in [0.29, 0.717) is 23.6 Å². The molecule has 0 heterocycles. The van der Waals surface area contributed by atoms with Gasteiger partial charge in [-0.1, -0.05) is 29.3 Å². The Labute approximate surface area is 214 Å². The molecule has 0 radical (unpaired) electrons. The van der Waals surface area contributed by atoms with Gasteiger partial charge in [0.05, 0.1) is 18.7 Å². The van der Waals surface area contributed by atoms with Crippen LogP contribution in [-0.2, 0) is 14.9 Å². The molecule has 0 spiro atoms. The van der Waals surface area contributed by atoms with Crippen LogP contribution in [0.1, 0.15) is 18.1 Å². The quantitative estimate of drug-likeness (QED) is 0.226. The zero-order chi connectivity index (χ0) is 26.3. The Morgan fingerprint density at radius 3 is 2.36 bits per heavy atom. The minimum atomic E-state index is -4.19. The van der Waals surface area contributed by atoms with Gasteiger partial charge in [0, 0.05) is 5.69 Å². The molecule has 0 aliphatic rings. The molecule has 0 saturated heterocycles. The summed E-state index contributed by atoms with van der Waals surface area (Å²) in [5, 5.41) is 12.1. The summed E-state index contributed by atoms with van der Waals surface area (Å²) in [4.78, 5) is 12.6. The number of amides is 1. The van der Waals surface area contributed by atoms with E-state index in [1.54, 1.807) is 36.4 Å². The molecule has 0 atom stereocenters. The highest BCUT2D eigenvalue weighted by atomic mass is 35.5. The van der Waals surface area contributed by atoms with Crippen LogP contribution in [-0.4, -0.2) is 28.0 Å². The van der Waals surface area contributed by atoms with E-state index in [1.165, 1.54) is 37.5 Å². The van der Waals surface area contributed by atoms with Crippen molar-refractivity contribution in [2.45, 2.75) is 18.7 Å². The van der Waals surface area contributed by atoms with Gasteiger partial charge >= 0.3 is 10.1 Å². The fraction of sp³-hybridized carbons (Fsp3) is 0.154. The molecule has 0 fully saturated rings. The Hall–Kier alpha value is -4.00. The molecular formula is C26H23ClN2O6S. The highest BCUT2D eigenvalue weighted by Gasteiger charge is 2.22. The molecule has 3 rings (SSSR count). The van der Waals surface area contributed by atoms with Crippen molar-refractivity contribution in [2.24, 2.45) is 0 Å². The lowest BCUT2D eigenvalue weighted by atomic mass is 10.1. The van der Waals surface area contributed by atoms with Crippen molar-refractivity contribution in [3.63, 3.8) is 0 Å². The summed E-state index contributed by atoms with van der Waals surface area (Å²) >= 11 is 6.31. The maximum absolute atomic E-state index is 12.7. The van der Waals surface area contributed by atoms with E-state index in [-0.39, 0.29) is 27.0 Å². The number of hydrogen-bond acceptors (Lipinski definition) is 7. The average Bonchev–Trinajstić information content (AvgIpc) is 2.85. The zero-order valence-corrected chi connectivity index (χ0v) is 21.3. The Bertz CT molecular complexity index is 1430. The molecule has 0 aliphatic carbocycles. The van der Waals surface area contributed by atoms with E-state index in [4.69, 9.17) is 25.3 Å². The van der Waals surface area contributed by atoms with Crippen molar-refractivity contribution in [3.8, 4) is 23.3 Å². The molecule has 0 unspecified atom stereocenters. The molecule has 10 heteroatoms. The molecule has 3 aromatic rings. The van der Waals surface area contributed by atoms with E-state index in [0.717, 1.165) is 5.56 Å². The number of halogens is 1. The number of benzene rings is 3. The van der Waals surface area contributed by atoms with Gasteiger partial charge in [-0.2, -0.15) is 13.7 Å². The molecule has 0 aromatic heterocycles. The van der Waals surface area contributed by atoms with Crippen molar-refractivity contribution < 1.29 is 26.9 Å². The SMILES string of the molecule is CCOc1ccc(NC(=O)/C(C#N)=C/c2cc(Cl)c(OS(=O)(=O)c3ccc(C)cc3)c(OC)c2)cc1. The van der Waals surface area contributed by atoms with Crippen molar-refractivity contribution in [1.82, 2.24) is 0 Å². The summed E-state index contributed by atoms with van der Waals surface area (Å²) in [6.45, 7) is 4.21. The van der Waals surface area contributed by atoms with Crippen LogP contribution in [0.5, 0.6) is 17.2 Å². The molecule has 1 amide bonds. The second kappa shape index (κ2) is 11.6. The van der Waals surface area contributed by atoms with Crippen molar-refractivity contribution in [3.05, 3.63) is 82.4 Å². The molecular weight excluding hydrogens is 504 g/mol. The number of carbonyl (C=O) groups is 1. The fourth-order valence-electron chi connectivity index (χ4n) is 3.08. The monoisotopic (exact) mass is 526 g/mol. The molecule has 0 bridgehead atoms. The van der Waals surface area contributed by atoms with Crippen molar-refractivity contribution in [2.75, 3.05) is 19.0 Å². The summed E-state index contributed by atoms with van der Waals surface area (Å²) in [7, 11) is -2.87. The first kappa shape index (κ1) is 26.6. The largest absolute Gasteiger partial charge is 0.494 e. The first-order valence-electron chi connectivity index (χ1n) is 10.7. The Morgan fingerprint density at radius 2 is 1.78 bits per heavy atom. The van der Waals surface area contributed by atoms with E-state index >= 15 is 0 Å². The first-order valence-corrected chi connectivity index (χ1v) is 12.5. The standard InChI is InChI=1S/C26H23ClN2O6S/c1-4-34-21-9-7-20(8-10-21)29-26(30)19(16-28)13-18-14-23(27)25(24(15-18)33-3)35-36(31,32)22-11-5-17(2)6-12-22/h5-15H,4H2,1-3H3,(H,29,30)/b19-13+. The summed E-state index contributed by atoms with van der Waals surface area (Å²) in [6.07, 6.45) is 1.30. The van der Waals surface area contributed by atoms with Gasteiger partial charge in [-0.15, -0.1) is 0 Å². The smallest absolute Gasteiger partial charge is 0.339 e. The van der Waals surface area contributed by atoms with Gasteiger partial charge in [0.1, 0.15) is 22.3 Å². The van der Waals surface area contributed by atoms with Crippen molar-refractivity contribution >= 4 is 39.4 Å². The third-order valence-corrected chi connectivity index (χ3v) is 6.37. The van der Waals surface area contributed by atoms with Gasteiger partial charge in [-0.25, -0.2) is 0 Å². The highest BCUT2D eigenvalue weighted by molar-refractivity contribution is 7.87. The number of nitrogens with zero attached hydrogens (tertiary/aromatic N) is 1. The Kier molecular flexibility index (Phi) is 8.59. The van der Waals surface area contributed by atoms with Gasteiger partial charge in [0.25, 0.3) is 5.91 Å². The lowest BCUT2D eigenvalue weighted by Gasteiger charge is -2.13. The Morgan fingerprint density at radius 1 is 1.11 bits per heavy atom. The normalized spacial score (nSPS) is 11.4. The van der Waals surface area contributed by atoms with Crippen molar-refractivity contribution in [1.29, 1.82) is 5.26 Å². The third-order valence-electron chi connectivity index (χ3n) is 4.85. The van der Waals surface area contributed by atoms with Crippen LogP contribution in [0.4, 0.5) is 5.69 Å². The van der Waals surface area contributed by atoms with E-state index in [1.807, 2.05) is 19.9 Å².